The van der Waals surface area contributed by atoms with Crippen LogP contribution in [0.5, 0.6) is 5.75 Å². The van der Waals surface area contributed by atoms with E-state index in [4.69, 9.17) is 14.7 Å². The van der Waals surface area contributed by atoms with Crippen molar-refractivity contribution in [2.45, 2.75) is 6.54 Å². The Bertz CT molecular complexity index is 989. The van der Waals surface area contributed by atoms with Crippen molar-refractivity contribution in [2.75, 3.05) is 7.11 Å². The molecule has 0 aliphatic carbocycles. The molecule has 3 aromatic carbocycles. The molecule has 0 saturated heterocycles. The molecule has 0 fully saturated rings. The summed E-state index contributed by atoms with van der Waals surface area (Å²) in [5.41, 5.74) is 5.27. The second-order valence-corrected chi connectivity index (χ2v) is 5.99. The molecule has 128 valence electrons. The van der Waals surface area contributed by atoms with Gasteiger partial charge in [0.2, 0.25) is 0 Å². The van der Waals surface area contributed by atoms with Gasteiger partial charge in [0, 0.05) is 11.1 Å². The highest BCUT2D eigenvalue weighted by atomic mass is 19.1. The van der Waals surface area contributed by atoms with Crippen molar-refractivity contribution in [1.29, 1.82) is 0 Å². The smallest absolute Gasteiger partial charge is 0.123 e. The molecule has 3 aromatic rings. The Morgan fingerprint density at radius 2 is 1.46 bits per heavy atom. The quantitative estimate of drug-likeness (QED) is 0.661. The van der Waals surface area contributed by atoms with Crippen LogP contribution in [-0.2, 0) is 6.54 Å². The molecular formula is C22H17FN2O. The van der Waals surface area contributed by atoms with Crippen molar-refractivity contribution in [3.8, 4) is 5.75 Å². The average Bonchev–Trinajstić information content (AvgIpc) is 2.88. The standard InChI is InChI=1S/C22H17FN2O/c1-26-19-12-8-16(9-13-19)22-21(15-6-10-18(23)11-7-15)24-14-17-4-2-3-5-20(17)25-22/h2-13H,14H2,1H3. The number of benzene rings is 3. The third-order valence-electron chi connectivity index (χ3n) is 4.34. The van der Waals surface area contributed by atoms with Crippen molar-refractivity contribution in [1.82, 2.24) is 0 Å². The fourth-order valence-electron chi connectivity index (χ4n) is 2.95. The average molecular weight is 344 g/mol. The topological polar surface area (TPSA) is 34.0 Å². The summed E-state index contributed by atoms with van der Waals surface area (Å²) in [4.78, 5) is 9.69. The van der Waals surface area contributed by atoms with Gasteiger partial charge in [-0.25, -0.2) is 9.38 Å². The summed E-state index contributed by atoms with van der Waals surface area (Å²) in [6.45, 7) is 0.534. The third kappa shape index (κ3) is 3.14. The largest absolute Gasteiger partial charge is 0.497 e. The van der Waals surface area contributed by atoms with E-state index in [1.165, 1.54) is 12.1 Å². The maximum atomic E-state index is 13.4. The molecule has 4 heteroatoms. The lowest BCUT2D eigenvalue weighted by molar-refractivity contribution is 0.415. The lowest BCUT2D eigenvalue weighted by Gasteiger charge is -2.10. The zero-order valence-corrected chi connectivity index (χ0v) is 14.3. The van der Waals surface area contributed by atoms with Gasteiger partial charge in [-0.1, -0.05) is 18.2 Å². The molecule has 0 bridgehead atoms. The van der Waals surface area contributed by atoms with E-state index in [1.54, 1.807) is 19.2 Å². The monoisotopic (exact) mass is 344 g/mol. The number of hydrogen-bond donors (Lipinski definition) is 0. The Balaban J connectivity index is 1.87. The Morgan fingerprint density at radius 1 is 0.808 bits per heavy atom. The number of fused-ring (bicyclic) bond motifs is 1. The number of hydrogen-bond acceptors (Lipinski definition) is 3. The SMILES string of the molecule is COc1ccc(C2=Nc3ccccc3CN=C2c2ccc(F)cc2)cc1. The van der Waals surface area contributed by atoms with Crippen LogP contribution in [0.25, 0.3) is 0 Å². The summed E-state index contributed by atoms with van der Waals surface area (Å²) in [6.07, 6.45) is 0. The normalized spacial score (nSPS) is 13.3. The summed E-state index contributed by atoms with van der Waals surface area (Å²) in [5.74, 6) is 0.512. The van der Waals surface area contributed by atoms with Crippen molar-refractivity contribution >= 4 is 17.1 Å². The molecule has 1 heterocycles. The Kier molecular flexibility index (Phi) is 4.32. The predicted octanol–water partition coefficient (Wildman–Crippen LogP) is 4.96. The molecule has 0 amide bonds. The third-order valence-corrected chi connectivity index (χ3v) is 4.34. The van der Waals surface area contributed by atoms with E-state index in [0.29, 0.717) is 6.54 Å². The number of methoxy groups -OCH3 is 1. The molecule has 0 N–H and O–H groups in total. The van der Waals surface area contributed by atoms with Gasteiger partial charge in [-0.05, 0) is 60.2 Å². The Morgan fingerprint density at radius 3 is 2.19 bits per heavy atom. The van der Waals surface area contributed by atoms with Crippen molar-refractivity contribution in [3.63, 3.8) is 0 Å². The van der Waals surface area contributed by atoms with E-state index < -0.39 is 0 Å². The highest BCUT2D eigenvalue weighted by Gasteiger charge is 2.18. The summed E-state index contributed by atoms with van der Waals surface area (Å²) in [5, 5.41) is 0. The molecule has 1 aliphatic heterocycles. The van der Waals surface area contributed by atoms with Gasteiger partial charge >= 0.3 is 0 Å². The molecule has 26 heavy (non-hydrogen) atoms. The van der Waals surface area contributed by atoms with E-state index in [0.717, 1.165) is 39.6 Å². The Labute approximate surface area is 151 Å². The molecule has 0 unspecified atom stereocenters. The van der Waals surface area contributed by atoms with Crippen LogP contribution in [0.1, 0.15) is 16.7 Å². The number of halogens is 1. The highest BCUT2D eigenvalue weighted by Crippen LogP contribution is 2.26. The Hall–Kier alpha value is -3.27. The first-order valence-electron chi connectivity index (χ1n) is 8.36. The van der Waals surface area contributed by atoms with Crippen LogP contribution >= 0.6 is 0 Å². The number of nitrogens with zero attached hydrogens (tertiary/aromatic N) is 2. The summed E-state index contributed by atoms with van der Waals surface area (Å²) < 4.78 is 18.6. The van der Waals surface area contributed by atoms with Crippen molar-refractivity contribution < 1.29 is 9.13 Å². The van der Waals surface area contributed by atoms with Crippen LogP contribution in [0.3, 0.4) is 0 Å². The van der Waals surface area contributed by atoms with Crippen LogP contribution < -0.4 is 4.74 Å². The molecule has 1 aliphatic rings. The minimum atomic E-state index is -0.269. The van der Waals surface area contributed by atoms with Crippen molar-refractivity contribution in [3.05, 3.63) is 95.3 Å². The first kappa shape index (κ1) is 16.2. The molecule has 0 aromatic heterocycles. The number of rotatable bonds is 3. The highest BCUT2D eigenvalue weighted by molar-refractivity contribution is 6.54. The maximum absolute atomic E-state index is 13.4. The first-order chi connectivity index (χ1) is 12.7. The van der Waals surface area contributed by atoms with Crippen LogP contribution in [0.15, 0.2) is 82.8 Å². The van der Waals surface area contributed by atoms with Gasteiger partial charge in [0.25, 0.3) is 0 Å². The van der Waals surface area contributed by atoms with Gasteiger partial charge in [-0.2, -0.15) is 0 Å². The molecule has 4 rings (SSSR count). The van der Waals surface area contributed by atoms with Gasteiger partial charge < -0.3 is 4.74 Å². The molecule has 0 spiro atoms. The summed E-state index contributed by atoms with van der Waals surface area (Å²) >= 11 is 0. The molecule has 3 nitrogen and oxygen atoms in total. The summed E-state index contributed by atoms with van der Waals surface area (Å²) in [7, 11) is 1.64. The number of ether oxygens (including phenoxy) is 1. The molecule has 0 radical (unpaired) electrons. The van der Waals surface area contributed by atoms with Gasteiger partial charge in [0.05, 0.1) is 30.8 Å². The van der Waals surface area contributed by atoms with Crippen LogP contribution in [0.4, 0.5) is 10.1 Å². The van der Waals surface area contributed by atoms with E-state index in [-0.39, 0.29) is 5.82 Å². The van der Waals surface area contributed by atoms with Crippen LogP contribution in [0.2, 0.25) is 0 Å². The maximum Gasteiger partial charge on any atom is 0.123 e. The lowest BCUT2D eigenvalue weighted by atomic mass is 9.99. The van der Waals surface area contributed by atoms with Crippen LogP contribution in [0, 0.1) is 5.82 Å². The fourth-order valence-corrected chi connectivity index (χ4v) is 2.95. The summed E-state index contributed by atoms with van der Waals surface area (Å²) in [6, 6.07) is 22.1. The molecular weight excluding hydrogens is 327 g/mol. The van der Waals surface area contributed by atoms with Gasteiger partial charge in [-0.15, -0.1) is 0 Å². The van der Waals surface area contributed by atoms with Gasteiger partial charge in [0.15, 0.2) is 0 Å². The van der Waals surface area contributed by atoms with E-state index in [2.05, 4.69) is 0 Å². The van der Waals surface area contributed by atoms with E-state index in [9.17, 15) is 4.39 Å². The van der Waals surface area contributed by atoms with Crippen molar-refractivity contribution in [2.24, 2.45) is 9.98 Å². The minimum absolute atomic E-state index is 0.269. The fraction of sp³-hybridized carbons (Fsp3) is 0.0909. The zero-order valence-electron chi connectivity index (χ0n) is 14.3. The van der Waals surface area contributed by atoms with E-state index >= 15 is 0 Å². The second kappa shape index (κ2) is 6.92. The number of para-hydroxylation sites is 1. The first-order valence-corrected chi connectivity index (χ1v) is 8.36. The van der Waals surface area contributed by atoms with E-state index in [1.807, 2.05) is 48.5 Å². The van der Waals surface area contributed by atoms with Gasteiger partial charge in [-0.3, -0.25) is 4.99 Å². The lowest BCUT2D eigenvalue weighted by Crippen LogP contribution is -2.17. The minimum Gasteiger partial charge on any atom is -0.497 e. The van der Waals surface area contributed by atoms with Crippen LogP contribution in [-0.4, -0.2) is 18.5 Å². The van der Waals surface area contributed by atoms with Gasteiger partial charge in [0.1, 0.15) is 11.6 Å². The molecule has 0 atom stereocenters. The second-order valence-electron chi connectivity index (χ2n) is 5.99. The molecule has 0 saturated carbocycles. The zero-order chi connectivity index (χ0) is 17.9. The predicted molar refractivity (Wildman–Crippen MR) is 102 cm³/mol. The number of aliphatic imine (C=N–C) groups is 2.